The summed E-state index contributed by atoms with van der Waals surface area (Å²) in [5.74, 6) is 1.24. The van der Waals surface area contributed by atoms with E-state index in [-0.39, 0.29) is 24.5 Å². The lowest BCUT2D eigenvalue weighted by Gasteiger charge is -2.32. The first-order valence-corrected chi connectivity index (χ1v) is 10.6. The highest BCUT2D eigenvalue weighted by Crippen LogP contribution is 2.26. The summed E-state index contributed by atoms with van der Waals surface area (Å²) in [5.41, 5.74) is 1.17. The maximum Gasteiger partial charge on any atom is 0.260 e. The van der Waals surface area contributed by atoms with Crippen LogP contribution < -0.4 is 14.8 Å². The van der Waals surface area contributed by atoms with Gasteiger partial charge in [0.2, 0.25) is 5.91 Å². The van der Waals surface area contributed by atoms with Gasteiger partial charge >= 0.3 is 0 Å². The molecular weight excluding hydrogens is 380 g/mol. The molecule has 1 aliphatic heterocycles. The first-order valence-electron chi connectivity index (χ1n) is 10.6. The van der Waals surface area contributed by atoms with Gasteiger partial charge in [0.15, 0.2) is 18.1 Å². The second-order valence-electron chi connectivity index (χ2n) is 7.38. The maximum atomic E-state index is 12.5. The van der Waals surface area contributed by atoms with E-state index in [2.05, 4.69) is 5.32 Å². The highest BCUT2D eigenvalue weighted by atomic mass is 16.5. The van der Waals surface area contributed by atoms with Crippen LogP contribution in [0.3, 0.4) is 0 Å². The van der Waals surface area contributed by atoms with Crippen LogP contribution in [0.2, 0.25) is 0 Å². The van der Waals surface area contributed by atoms with Crippen LogP contribution in [-0.2, 0) is 16.0 Å². The number of ether oxygens (including phenoxy) is 2. The Kier molecular flexibility index (Phi) is 8.12. The summed E-state index contributed by atoms with van der Waals surface area (Å²) in [6.45, 7) is 3.68. The monoisotopic (exact) mass is 410 g/mol. The Morgan fingerprint density at radius 3 is 2.27 bits per heavy atom. The van der Waals surface area contributed by atoms with Crippen molar-refractivity contribution in [3.8, 4) is 11.5 Å². The summed E-state index contributed by atoms with van der Waals surface area (Å²) in [7, 11) is 0. The van der Waals surface area contributed by atoms with Crippen LogP contribution in [0.15, 0.2) is 54.6 Å². The SMILES string of the molecule is CCOc1ccccc1OCC(=O)N1CCC(NC(=O)CCc2ccccc2)CC1. The number of carbonyl (C=O) groups excluding carboxylic acids is 2. The van der Waals surface area contributed by atoms with Gasteiger partial charge in [0.05, 0.1) is 6.61 Å². The number of hydrogen-bond donors (Lipinski definition) is 1. The third-order valence-corrected chi connectivity index (χ3v) is 5.20. The van der Waals surface area contributed by atoms with E-state index in [9.17, 15) is 9.59 Å². The van der Waals surface area contributed by atoms with E-state index in [1.165, 1.54) is 5.56 Å². The molecule has 6 heteroatoms. The van der Waals surface area contributed by atoms with E-state index >= 15 is 0 Å². The zero-order chi connectivity index (χ0) is 21.2. The molecule has 6 nitrogen and oxygen atoms in total. The summed E-state index contributed by atoms with van der Waals surface area (Å²) in [4.78, 5) is 26.5. The van der Waals surface area contributed by atoms with Crippen molar-refractivity contribution in [1.29, 1.82) is 0 Å². The van der Waals surface area contributed by atoms with Gasteiger partial charge in [0.25, 0.3) is 5.91 Å². The van der Waals surface area contributed by atoms with Crippen molar-refractivity contribution >= 4 is 11.8 Å². The van der Waals surface area contributed by atoms with Crippen LogP contribution in [0.4, 0.5) is 0 Å². The molecule has 3 rings (SSSR count). The molecule has 0 saturated carbocycles. The second kappa shape index (κ2) is 11.2. The van der Waals surface area contributed by atoms with Gasteiger partial charge in [-0.15, -0.1) is 0 Å². The molecule has 0 atom stereocenters. The molecule has 2 amide bonds. The Morgan fingerprint density at radius 2 is 1.60 bits per heavy atom. The number of likely N-dealkylation sites (tertiary alicyclic amines) is 1. The first-order chi connectivity index (χ1) is 14.7. The Balaban J connectivity index is 1.37. The first kappa shape index (κ1) is 21.7. The van der Waals surface area contributed by atoms with Crippen LogP contribution in [0.1, 0.15) is 31.7 Å². The molecule has 0 bridgehead atoms. The minimum Gasteiger partial charge on any atom is -0.490 e. The zero-order valence-electron chi connectivity index (χ0n) is 17.5. The molecule has 0 aliphatic carbocycles. The summed E-state index contributed by atoms with van der Waals surface area (Å²) in [6.07, 6.45) is 2.75. The molecule has 1 heterocycles. The summed E-state index contributed by atoms with van der Waals surface area (Å²) >= 11 is 0. The molecule has 1 aliphatic rings. The van der Waals surface area contributed by atoms with Crippen LogP contribution in [-0.4, -0.2) is 49.1 Å². The van der Waals surface area contributed by atoms with E-state index in [4.69, 9.17) is 9.47 Å². The maximum absolute atomic E-state index is 12.5. The van der Waals surface area contributed by atoms with Crippen molar-refractivity contribution in [1.82, 2.24) is 10.2 Å². The van der Waals surface area contributed by atoms with Gasteiger partial charge < -0.3 is 19.7 Å². The smallest absolute Gasteiger partial charge is 0.260 e. The minimum atomic E-state index is -0.0462. The van der Waals surface area contributed by atoms with Gasteiger partial charge in [0.1, 0.15) is 0 Å². The molecule has 0 unspecified atom stereocenters. The number of nitrogens with one attached hydrogen (secondary N) is 1. The standard InChI is InChI=1S/C24H30N2O4/c1-2-29-21-10-6-7-11-22(21)30-18-24(28)26-16-14-20(15-17-26)25-23(27)13-12-19-8-4-3-5-9-19/h3-11,20H,2,12-18H2,1H3,(H,25,27). The van der Waals surface area contributed by atoms with Crippen LogP contribution >= 0.6 is 0 Å². The molecule has 30 heavy (non-hydrogen) atoms. The third-order valence-electron chi connectivity index (χ3n) is 5.20. The molecular formula is C24H30N2O4. The van der Waals surface area contributed by atoms with Gasteiger partial charge in [-0.25, -0.2) is 0 Å². The lowest BCUT2D eigenvalue weighted by Crippen LogP contribution is -2.47. The number of piperidine rings is 1. The molecule has 1 N–H and O–H groups in total. The normalized spacial score (nSPS) is 14.2. The highest BCUT2D eigenvalue weighted by Gasteiger charge is 2.24. The summed E-state index contributed by atoms with van der Waals surface area (Å²) in [5, 5.41) is 3.10. The van der Waals surface area contributed by atoms with Crippen LogP contribution in [0, 0.1) is 0 Å². The number of amides is 2. The topological polar surface area (TPSA) is 67.9 Å². The van der Waals surface area contributed by atoms with Gasteiger partial charge in [-0.3, -0.25) is 9.59 Å². The van der Waals surface area contributed by atoms with Gasteiger partial charge in [-0.05, 0) is 43.9 Å². The number of nitrogens with zero attached hydrogens (tertiary/aromatic N) is 1. The number of benzene rings is 2. The van der Waals surface area contributed by atoms with Crippen molar-refractivity contribution in [3.05, 3.63) is 60.2 Å². The summed E-state index contributed by atoms with van der Waals surface area (Å²) in [6, 6.07) is 17.5. The fraction of sp³-hybridized carbons (Fsp3) is 0.417. The van der Waals surface area contributed by atoms with Crippen molar-refractivity contribution in [2.75, 3.05) is 26.3 Å². The molecule has 1 saturated heterocycles. The van der Waals surface area contributed by atoms with Crippen LogP contribution in [0.25, 0.3) is 0 Å². The van der Waals surface area contributed by atoms with Crippen LogP contribution in [0.5, 0.6) is 11.5 Å². The second-order valence-corrected chi connectivity index (χ2v) is 7.38. The van der Waals surface area contributed by atoms with Crippen molar-refractivity contribution in [2.45, 2.75) is 38.6 Å². The number of para-hydroxylation sites is 2. The highest BCUT2D eigenvalue weighted by molar-refractivity contribution is 5.78. The number of aryl methyl sites for hydroxylation is 1. The Bertz CT molecular complexity index is 817. The number of carbonyl (C=O) groups is 2. The Morgan fingerprint density at radius 1 is 0.967 bits per heavy atom. The van der Waals surface area contributed by atoms with Crippen molar-refractivity contribution in [3.63, 3.8) is 0 Å². The van der Waals surface area contributed by atoms with Crippen molar-refractivity contribution in [2.24, 2.45) is 0 Å². The minimum absolute atomic E-state index is 0.0157. The molecule has 0 spiro atoms. The lowest BCUT2D eigenvalue weighted by molar-refractivity contribution is -0.134. The van der Waals surface area contributed by atoms with E-state index < -0.39 is 0 Å². The Labute approximate surface area is 178 Å². The van der Waals surface area contributed by atoms with Gasteiger partial charge in [-0.2, -0.15) is 0 Å². The van der Waals surface area contributed by atoms with Gasteiger partial charge in [0, 0.05) is 25.6 Å². The summed E-state index contributed by atoms with van der Waals surface area (Å²) < 4.78 is 11.2. The average molecular weight is 411 g/mol. The fourth-order valence-corrected chi connectivity index (χ4v) is 3.55. The number of rotatable bonds is 9. The third kappa shape index (κ3) is 6.51. The predicted molar refractivity (Wildman–Crippen MR) is 116 cm³/mol. The van der Waals surface area contributed by atoms with Crippen molar-refractivity contribution < 1.29 is 19.1 Å². The zero-order valence-corrected chi connectivity index (χ0v) is 17.5. The van der Waals surface area contributed by atoms with E-state index in [0.717, 1.165) is 19.3 Å². The quantitative estimate of drug-likeness (QED) is 0.689. The number of hydrogen-bond acceptors (Lipinski definition) is 4. The van der Waals surface area contributed by atoms with E-state index in [1.54, 1.807) is 11.0 Å². The molecule has 160 valence electrons. The lowest BCUT2D eigenvalue weighted by atomic mass is 10.0. The van der Waals surface area contributed by atoms with E-state index in [0.29, 0.717) is 37.6 Å². The molecule has 0 aromatic heterocycles. The Hall–Kier alpha value is -3.02. The average Bonchev–Trinajstić information content (AvgIpc) is 2.78. The largest absolute Gasteiger partial charge is 0.490 e. The molecule has 2 aromatic rings. The molecule has 2 aromatic carbocycles. The van der Waals surface area contributed by atoms with E-state index in [1.807, 2.05) is 55.5 Å². The fourth-order valence-electron chi connectivity index (χ4n) is 3.55. The van der Waals surface area contributed by atoms with Gasteiger partial charge in [-0.1, -0.05) is 42.5 Å². The predicted octanol–water partition coefficient (Wildman–Crippen LogP) is 3.20. The molecule has 0 radical (unpaired) electrons. The molecule has 1 fully saturated rings.